The van der Waals surface area contributed by atoms with Crippen LogP contribution in [0.2, 0.25) is 5.02 Å². The highest BCUT2D eigenvalue weighted by molar-refractivity contribution is 7.15. The third-order valence-corrected chi connectivity index (χ3v) is 5.47. The highest BCUT2D eigenvalue weighted by Crippen LogP contribution is 2.23. The number of anilines is 1. The Morgan fingerprint density at radius 1 is 1.10 bits per heavy atom. The Kier molecular flexibility index (Phi) is 5.92. The molecule has 0 unspecified atom stereocenters. The average molecular weight is 462 g/mol. The van der Waals surface area contributed by atoms with Crippen LogP contribution in [0.1, 0.15) is 5.69 Å². The number of hydrogen-bond acceptors (Lipinski definition) is 5. The lowest BCUT2D eigenvalue weighted by Crippen LogP contribution is -2.36. The molecule has 2 amide bonds. The predicted molar refractivity (Wildman–Crippen MR) is 113 cm³/mol. The van der Waals surface area contributed by atoms with Gasteiger partial charge in [0.15, 0.2) is 5.82 Å². The van der Waals surface area contributed by atoms with Gasteiger partial charge in [-0.2, -0.15) is 4.98 Å². The van der Waals surface area contributed by atoms with Crippen molar-refractivity contribution in [1.29, 1.82) is 0 Å². The molecular formula is C20H14ClF2N5O2S. The standard InChI is InChI=1S/C20H14ClF2N5O2S/c21-14-9-11(5-6-16(14)23)25-19(30)18(29)24-8-7-12-10-31-20-26-17(27-28(12)20)13-3-1-2-4-15(13)22/h1-6,9-10H,7-8H2,(H,24,29)(H,25,30). The second kappa shape index (κ2) is 8.78. The Morgan fingerprint density at radius 2 is 1.90 bits per heavy atom. The van der Waals surface area contributed by atoms with Crippen LogP contribution in [0.4, 0.5) is 14.5 Å². The van der Waals surface area contributed by atoms with Crippen molar-refractivity contribution in [2.75, 3.05) is 11.9 Å². The number of carbonyl (C=O) groups excluding carboxylic acids is 2. The molecule has 4 rings (SSSR count). The van der Waals surface area contributed by atoms with Gasteiger partial charge in [0, 0.05) is 24.0 Å². The van der Waals surface area contributed by atoms with E-state index in [1.807, 2.05) is 5.38 Å². The third kappa shape index (κ3) is 4.54. The van der Waals surface area contributed by atoms with Gasteiger partial charge in [-0.25, -0.2) is 13.3 Å². The molecule has 0 spiro atoms. The van der Waals surface area contributed by atoms with Crippen LogP contribution < -0.4 is 10.6 Å². The first-order chi connectivity index (χ1) is 14.9. The van der Waals surface area contributed by atoms with Crippen LogP contribution in [0.15, 0.2) is 47.8 Å². The number of fused-ring (bicyclic) bond motifs is 1. The lowest BCUT2D eigenvalue weighted by molar-refractivity contribution is -0.136. The molecule has 0 radical (unpaired) electrons. The Morgan fingerprint density at radius 3 is 2.68 bits per heavy atom. The molecule has 2 aromatic heterocycles. The van der Waals surface area contributed by atoms with Crippen molar-refractivity contribution in [3.05, 3.63) is 70.2 Å². The lowest BCUT2D eigenvalue weighted by Gasteiger charge is -2.07. The molecule has 158 valence electrons. The van der Waals surface area contributed by atoms with Crippen molar-refractivity contribution in [2.45, 2.75) is 6.42 Å². The minimum absolute atomic E-state index is 0.164. The smallest absolute Gasteiger partial charge is 0.313 e. The van der Waals surface area contributed by atoms with Crippen LogP contribution in [0, 0.1) is 11.6 Å². The molecule has 0 saturated carbocycles. The van der Waals surface area contributed by atoms with Crippen molar-refractivity contribution in [3.63, 3.8) is 0 Å². The van der Waals surface area contributed by atoms with Gasteiger partial charge in [0.05, 0.1) is 16.3 Å². The molecule has 4 aromatic rings. The van der Waals surface area contributed by atoms with Crippen molar-refractivity contribution in [2.24, 2.45) is 0 Å². The van der Waals surface area contributed by atoms with E-state index < -0.39 is 23.4 Å². The van der Waals surface area contributed by atoms with Crippen LogP contribution in [-0.2, 0) is 16.0 Å². The summed E-state index contributed by atoms with van der Waals surface area (Å²) in [6.45, 7) is 0.164. The number of benzene rings is 2. The number of hydrogen-bond donors (Lipinski definition) is 2. The maximum Gasteiger partial charge on any atom is 0.313 e. The Labute approximate surface area is 183 Å². The fourth-order valence-corrected chi connectivity index (χ4v) is 3.84. The summed E-state index contributed by atoms with van der Waals surface area (Å²) >= 11 is 6.99. The average Bonchev–Trinajstić information content (AvgIpc) is 3.32. The molecular weight excluding hydrogens is 448 g/mol. The predicted octanol–water partition coefficient (Wildman–Crippen LogP) is 3.69. The summed E-state index contributed by atoms with van der Waals surface area (Å²) in [5.74, 6) is -2.52. The number of rotatable bonds is 5. The van der Waals surface area contributed by atoms with E-state index in [9.17, 15) is 18.4 Å². The molecule has 0 aliphatic carbocycles. The minimum Gasteiger partial charge on any atom is -0.347 e. The highest BCUT2D eigenvalue weighted by Gasteiger charge is 2.16. The first-order valence-corrected chi connectivity index (χ1v) is 10.3. The van der Waals surface area contributed by atoms with Crippen LogP contribution in [0.3, 0.4) is 0 Å². The highest BCUT2D eigenvalue weighted by atomic mass is 35.5. The number of carbonyl (C=O) groups is 2. The molecule has 0 aliphatic rings. The molecule has 2 N–H and O–H groups in total. The van der Waals surface area contributed by atoms with E-state index >= 15 is 0 Å². The van der Waals surface area contributed by atoms with E-state index in [0.29, 0.717) is 16.9 Å². The minimum atomic E-state index is -0.902. The molecule has 0 fully saturated rings. The maximum absolute atomic E-state index is 14.0. The van der Waals surface area contributed by atoms with Crippen LogP contribution in [0.5, 0.6) is 0 Å². The summed E-state index contributed by atoms with van der Waals surface area (Å²) in [7, 11) is 0. The zero-order chi connectivity index (χ0) is 22.0. The zero-order valence-corrected chi connectivity index (χ0v) is 17.3. The van der Waals surface area contributed by atoms with Crippen LogP contribution in [0.25, 0.3) is 16.3 Å². The van der Waals surface area contributed by atoms with Crippen molar-refractivity contribution >= 4 is 45.4 Å². The first-order valence-electron chi connectivity index (χ1n) is 9.04. The SMILES string of the molecule is O=C(NCCc1csc2nc(-c3ccccc3F)nn12)C(=O)Nc1ccc(F)c(Cl)c1. The normalized spacial score (nSPS) is 10.9. The van der Waals surface area contributed by atoms with E-state index in [2.05, 4.69) is 20.7 Å². The molecule has 2 heterocycles. The number of thiazole rings is 1. The van der Waals surface area contributed by atoms with E-state index in [1.165, 1.54) is 29.5 Å². The second-order valence-electron chi connectivity index (χ2n) is 6.43. The molecule has 0 atom stereocenters. The van der Waals surface area contributed by atoms with Crippen molar-refractivity contribution < 1.29 is 18.4 Å². The molecule has 11 heteroatoms. The number of nitrogens with one attached hydrogen (secondary N) is 2. The van der Waals surface area contributed by atoms with Gasteiger partial charge in [0.2, 0.25) is 4.96 Å². The maximum atomic E-state index is 14.0. The lowest BCUT2D eigenvalue weighted by atomic mass is 10.2. The fourth-order valence-electron chi connectivity index (χ4n) is 2.80. The number of nitrogens with zero attached hydrogens (tertiary/aromatic N) is 3. The van der Waals surface area contributed by atoms with Gasteiger partial charge >= 0.3 is 11.8 Å². The second-order valence-corrected chi connectivity index (χ2v) is 7.67. The number of aromatic nitrogens is 3. The fraction of sp³-hybridized carbons (Fsp3) is 0.100. The Hall–Kier alpha value is -3.37. The molecule has 0 saturated heterocycles. The van der Waals surface area contributed by atoms with Crippen LogP contribution >= 0.6 is 22.9 Å². The van der Waals surface area contributed by atoms with Crippen LogP contribution in [-0.4, -0.2) is 33.0 Å². The zero-order valence-electron chi connectivity index (χ0n) is 15.7. The van der Waals surface area contributed by atoms with Gasteiger partial charge in [-0.1, -0.05) is 23.7 Å². The largest absolute Gasteiger partial charge is 0.347 e. The van der Waals surface area contributed by atoms with Gasteiger partial charge in [0.1, 0.15) is 11.6 Å². The third-order valence-electron chi connectivity index (χ3n) is 4.32. The van der Waals surface area contributed by atoms with E-state index in [-0.39, 0.29) is 23.1 Å². The Bertz CT molecular complexity index is 1290. The summed E-state index contributed by atoms with van der Waals surface area (Å²) in [6.07, 6.45) is 0.376. The van der Waals surface area contributed by atoms with Gasteiger partial charge in [-0.3, -0.25) is 9.59 Å². The molecule has 7 nitrogen and oxygen atoms in total. The van der Waals surface area contributed by atoms with Gasteiger partial charge in [-0.05, 0) is 30.3 Å². The van der Waals surface area contributed by atoms with Gasteiger partial charge < -0.3 is 10.6 Å². The van der Waals surface area contributed by atoms with E-state index in [0.717, 1.165) is 11.8 Å². The molecule has 31 heavy (non-hydrogen) atoms. The summed E-state index contributed by atoms with van der Waals surface area (Å²) in [4.78, 5) is 28.9. The summed E-state index contributed by atoms with van der Waals surface area (Å²) in [6, 6.07) is 9.83. The molecule has 0 aliphatic heterocycles. The van der Waals surface area contributed by atoms with Crippen molar-refractivity contribution in [1.82, 2.24) is 19.9 Å². The topological polar surface area (TPSA) is 88.4 Å². The number of halogens is 3. The summed E-state index contributed by atoms with van der Waals surface area (Å²) in [5.41, 5.74) is 1.26. The van der Waals surface area contributed by atoms with Crippen molar-refractivity contribution in [3.8, 4) is 11.4 Å². The van der Waals surface area contributed by atoms with E-state index in [1.54, 1.807) is 22.7 Å². The summed E-state index contributed by atoms with van der Waals surface area (Å²) < 4.78 is 28.7. The molecule has 0 bridgehead atoms. The van der Waals surface area contributed by atoms with Gasteiger partial charge in [-0.15, -0.1) is 16.4 Å². The van der Waals surface area contributed by atoms with Gasteiger partial charge in [0.25, 0.3) is 0 Å². The summed E-state index contributed by atoms with van der Waals surface area (Å²) in [5, 5.41) is 10.9. The Balaban J connectivity index is 1.37. The number of amides is 2. The molecule has 2 aromatic carbocycles. The van der Waals surface area contributed by atoms with E-state index in [4.69, 9.17) is 11.6 Å². The quantitative estimate of drug-likeness (QED) is 0.444. The first kappa shape index (κ1) is 20.9. The monoisotopic (exact) mass is 461 g/mol.